The average molecular weight is 419 g/mol. The Morgan fingerprint density at radius 1 is 1.17 bits per heavy atom. The van der Waals surface area contributed by atoms with E-state index in [9.17, 15) is 4.79 Å². The van der Waals surface area contributed by atoms with Gasteiger partial charge >= 0.3 is 0 Å². The number of allylic oxidation sites excluding steroid dienone is 1. The molecular formula is C24H42N4O2. The van der Waals surface area contributed by atoms with E-state index in [4.69, 9.17) is 10.5 Å². The normalized spacial score (nSPS) is 19.6. The molecule has 0 aromatic heterocycles. The lowest BCUT2D eigenvalue weighted by Gasteiger charge is -2.37. The van der Waals surface area contributed by atoms with Crippen molar-refractivity contribution in [1.29, 1.82) is 0 Å². The fourth-order valence-corrected chi connectivity index (χ4v) is 4.65. The first kappa shape index (κ1) is 24.4. The van der Waals surface area contributed by atoms with E-state index in [0.29, 0.717) is 23.4 Å². The van der Waals surface area contributed by atoms with Crippen molar-refractivity contribution in [3.05, 3.63) is 23.5 Å². The van der Waals surface area contributed by atoms with E-state index in [1.165, 1.54) is 25.6 Å². The second-order valence-corrected chi connectivity index (χ2v) is 8.86. The SMILES string of the molecule is C=C(CCC)/C(N=CN)=C(/C(=O)N(CCC1CCOCC1)C1CCCCC1)N(C)C. The number of rotatable bonds is 10. The molecule has 30 heavy (non-hydrogen) atoms. The topological polar surface area (TPSA) is 71.2 Å². The molecule has 0 radical (unpaired) electrons. The highest BCUT2D eigenvalue weighted by atomic mass is 16.5. The van der Waals surface area contributed by atoms with Gasteiger partial charge in [-0.1, -0.05) is 39.2 Å². The second-order valence-electron chi connectivity index (χ2n) is 8.86. The fraction of sp³-hybridized carbons (Fsp3) is 0.750. The molecule has 0 aromatic carbocycles. The summed E-state index contributed by atoms with van der Waals surface area (Å²) in [5.41, 5.74) is 7.75. The number of likely N-dealkylation sites (N-methyl/N-ethyl adjacent to an activating group) is 1. The largest absolute Gasteiger partial charge is 0.390 e. The minimum Gasteiger partial charge on any atom is -0.390 e. The number of hydrogen-bond donors (Lipinski definition) is 1. The molecule has 1 aliphatic heterocycles. The zero-order valence-corrected chi connectivity index (χ0v) is 19.4. The molecule has 0 spiro atoms. The van der Waals surface area contributed by atoms with Crippen LogP contribution in [0.25, 0.3) is 0 Å². The Bertz CT molecular complexity index is 615. The van der Waals surface area contributed by atoms with Crippen molar-refractivity contribution >= 4 is 12.2 Å². The van der Waals surface area contributed by atoms with E-state index < -0.39 is 0 Å². The maximum absolute atomic E-state index is 13.9. The highest BCUT2D eigenvalue weighted by Crippen LogP contribution is 2.29. The number of nitrogens with zero attached hydrogens (tertiary/aromatic N) is 3. The van der Waals surface area contributed by atoms with Crippen molar-refractivity contribution in [3.8, 4) is 0 Å². The minimum absolute atomic E-state index is 0.0665. The summed E-state index contributed by atoms with van der Waals surface area (Å²) in [5, 5.41) is 0. The van der Waals surface area contributed by atoms with Gasteiger partial charge in [-0.3, -0.25) is 4.79 Å². The summed E-state index contributed by atoms with van der Waals surface area (Å²) in [5.74, 6) is 0.706. The van der Waals surface area contributed by atoms with Gasteiger partial charge in [0.15, 0.2) is 0 Å². The molecule has 1 saturated carbocycles. The predicted molar refractivity (Wildman–Crippen MR) is 124 cm³/mol. The van der Waals surface area contributed by atoms with Gasteiger partial charge in [0.05, 0.1) is 12.0 Å². The van der Waals surface area contributed by atoms with Crippen molar-refractivity contribution in [3.63, 3.8) is 0 Å². The molecule has 6 nitrogen and oxygen atoms in total. The van der Waals surface area contributed by atoms with E-state index in [0.717, 1.165) is 70.3 Å². The molecule has 1 amide bonds. The average Bonchev–Trinajstić information content (AvgIpc) is 2.75. The summed E-state index contributed by atoms with van der Waals surface area (Å²) >= 11 is 0. The lowest BCUT2D eigenvalue weighted by atomic mass is 9.91. The van der Waals surface area contributed by atoms with Gasteiger partial charge in [0.1, 0.15) is 5.70 Å². The van der Waals surface area contributed by atoms with Crippen molar-refractivity contribution in [1.82, 2.24) is 9.80 Å². The molecule has 1 heterocycles. The summed E-state index contributed by atoms with van der Waals surface area (Å²) in [6.07, 6.45) is 12.1. The van der Waals surface area contributed by atoms with E-state index in [-0.39, 0.29) is 5.91 Å². The van der Waals surface area contributed by atoms with Gasteiger partial charge in [-0.15, -0.1) is 0 Å². The highest BCUT2D eigenvalue weighted by molar-refractivity contribution is 5.94. The van der Waals surface area contributed by atoms with E-state index in [1.54, 1.807) is 0 Å². The monoisotopic (exact) mass is 418 g/mol. The third-order valence-electron chi connectivity index (χ3n) is 6.36. The molecule has 0 unspecified atom stereocenters. The van der Waals surface area contributed by atoms with Crippen LogP contribution in [0.15, 0.2) is 28.5 Å². The van der Waals surface area contributed by atoms with Crippen LogP contribution in [0.1, 0.15) is 71.1 Å². The van der Waals surface area contributed by atoms with Crippen molar-refractivity contribution < 1.29 is 9.53 Å². The number of aliphatic imine (C=N–C) groups is 1. The van der Waals surface area contributed by atoms with Gasteiger partial charge < -0.3 is 20.3 Å². The second kappa shape index (κ2) is 12.8. The Hall–Kier alpha value is -1.82. The summed E-state index contributed by atoms with van der Waals surface area (Å²) in [6, 6.07) is 0.309. The molecule has 1 aliphatic carbocycles. The highest BCUT2D eigenvalue weighted by Gasteiger charge is 2.31. The molecule has 6 heteroatoms. The lowest BCUT2D eigenvalue weighted by Crippen LogP contribution is -2.45. The first-order valence-corrected chi connectivity index (χ1v) is 11.7. The van der Waals surface area contributed by atoms with Gasteiger partial charge in [0, 0.05) is 39.9 Å². The lowest BCUT2D eigenvalue weighted by molar-refractivity contribution is -0.131. The first-order valence-electron chi connectivity index (χ1n) is 11.7. The summed E-state index contributed by atoms with van der Waals surface area (Å²) < 4.78 is 5.52. The van der Waals surface area contributed by atoms with Gasteiger partial charge in [0.2, 0.25) is 0 Å². The molecule has 0 aromatic rings. The zero-order valence-electron chi connectivity index (χ0n) is 19.4. The summed E-state index contributed by atoms with van der Waals surface area (Å²) in [7, 11) is 3.83. The van der Waals surface area contributed by atoms with Gasteiger partial charge in [-0.25, -0.2) is 4.99 Å². The fourth-order valence-electron chi connectivity index (χ4n) is 4.65. The number of carbonyl (C=O) groups excluding carboxylic acids is 1. The molecule has 2 aliphatic rings. The third kappa shape index (κ3) is 6.86. The number of amides is 1. The molecule has 2 rings (SSSR count). The Morgan fingerprint density at radius 2 is 1.83 bits per heavy atom. The number of nitrogens with two attached hydrogens (primary N) is 1. The van der Waals surface area contributed by atoms with Crippen LogP contribution < -0.4 is 5.73 Å². The Balaban J connectivity index is 2.32. The summed E-state index contributed by atoms with van der Waals surface area (Å²) in [4.78, 5) is 22.3. The predicted octanol–water partition coefficient (Wildman–Crippen LogP) is 4.08. The quantitative estimate of drug-likeness (QED) is 0.251. The van der Waals surface area contributed by atoms with Crippen LogP contribution >= 0.6 is 0 Å². The van der Waals surface area contributed by atoms with E-state index in [2.05, 4.69) is 23.4 Å². The molecule has 2 N–H and O–H groups in total. The smallest absolute Gasteiger partial charge is 0.272 e. The molecule has 0 bridgehead atoms. The number of hydrogen-bond acceptors (Lipinski definition) is 4. The Morgan fingerprint density at radius 3 is 2.40 bits per heavy atom. The van der Waals surface area contributed by atoms with Crippen LogP contribution in [0.3, 0.4) is 0 Å². The number of ether oxygens (including phenoxy) is 1. The maximum Gasteiger partial charge on any atom is 0.272 e. The van der Waals surface area contributed by atoms with Gasteiger partial charge in [0.25, 0.3) is 5.91 Å². The van der Waals surface area contributed by atoms with Crippen molar-refractivity contribution in [2.75, 3.05) is 33.9 Å². The van der Waals surface area contributed by atoms with Gasteiger partial charge in [-0.2, -0.15) is 0 Å². The molecule has 0 atom stereocenters. The standard InChI is InChI=1S/C24H42N4O2/c1-5-9-19(2)22(26-18-25)23(27(3)4)24(29)28(21-10-7-6-8-11-21)15-12-20-13-16-30-17-14-20/h18,20-21H,2,5-17H2,1,3-4H3,(H2,25,26)/b23-22+. The van der Waals surface area contributed by atoms with E-state index >= 15 is 0 Å². The third-order valence-corrected chi connectivity index (χ3v) is 6.36. The van der Waals surface area contributed by atoms with Crippen LogP contribution in [0.5, 0.6) is 0 Å². The van der Waals surface area contributed by atoms with Crippen LogP contribution in [-0.4, -0.2) is 61.9 Å². The molecule has 2 fully saturated rings. The van der Waals surface area contributed by atoms with Crippen LogP contribution in [0.4, 0.5) is 0 Å². The molecule has 1 saturated heterocycles. The van der Waals surface area contributed by atoms with E-state index in [1.807, 2.05) is 19.0 Å². The van der Waals surface area contributed by atoms with Crippen molar-refractivity contribution in [2.24, 2.45) is 16.6 Å². The van der Waals surface area contributed by atoms with Crippen molar-refractivity contribution in [2.45, 2.75) is 77.2 Å². The summed E-state index contributed by atoms with van der Waals surface area (Å²) in [6.45, 7) is 8.79. The number of carbonyl (C=O) groups is 1. The Labute approximate surface area is 183 Å². The minimum atomic E-state index is 0.0665. The first-order chi connectivity index (χ1) is 14.5. The zero-order chi connectivity index (χ0) is 21.9. The Kier molecular flexibility index (Phi) is 10.4. The van der Waals surface area contributed by atoms with Crippen LogP contribution in [-0.2, 0) is 9.53 Å². The van der Waals surface area contributed by atoms with Gasteiger partial charge in [-0.05, 0) is 50.0 Å². The molecule has 170 valence electrons. The maximum atomic E-state index is 13.9. The molecular weight excluding hydrogens is 376 g/mol. The van der Waals surface area contributed by atoms with Crippen LogP contribution in [0, 0.1) is 5.92 Å². The van der Waals surface area contributed by atoms with Crippen LogP contribution in [0.2, 0.25) is 0 Å².